The number of amides is 1. The summed E-state index contributed by atoms with van der Waals surface area (Å²) in [6, 6.07) is 15.8. The summed E-state index contributed by atoms with van der Waals surface area (Å²) >= 11 is 3.46. The van der Waals surface area contributed by atoms with E-state index in [1.165, 1.54) is 10.6 Å². The van der Waals surface area contributed by atoms with Gasteiger partial charge in [0.25, 0.3) is 5.91 Å². The monoisotopic (exact) mass is 404 g/mol. The third kappa shape index (κ3) is 4.74. The van der Waals surface area contributed by atoms with Gasteiger partial charge < -0.3 is 19.9 Å². The summed E-state index contributed by atoms with van der Waals surface area (Å²) < 4.78 is 6.20. The molecule has 25 heavy (non-hydrogen) atoms. The first-order valence-corrected chi connectivity index (χ1v) is 9.22. The van der Waals surface area contributed by atoms with Crippen molar-refractivity contribution in [1.82, 2.24) is 0 Å². The van der Waals surface area contributed by atoms with Crippen LogP contribution in [0, 0.1) is 0 Å². The number of anilines is 2. The van der Waals surface area contributed by atoms with Crippen LogP contribution in [0.5, 0.6) is 5.75 Å². The molecule has 2 aromatic carbocycles. The summed E-state index contributed by atoms with van der Waals surface area (Å²) in [5.74, 6) is 0.928. The van der Waals surface area contributed by atoms with Gasteiger partial charge in [0, 0.05) is 16.2 Å². The van der Waals surface area contributed by atoms with Crippen molar-refractivity contribution in [3.8, 4) is 5.75 Å². The van der Waals surface area contributed by atoms with Crippen molar-refractivity contribution in [1.29, 1.82) is 0 Å². The summed E-state index contributed by atoms with van der Waals surface area (Å²) in [4.78, 5) is 15.9. The average molecular weight is 405 g/mol. The van der Waals surface area contributed by atoms with E-state index >= 15 is 0 Å². The van der Waals surface area contributed by atoms with Gasteiger partial charge >= 0.3 is 0 Å². The number of carbonyl (C=O) groups is 1. The molecule has 0 spiro atoms. The zero-order chi connectivity index (χ0) is 17.6. The molecule has 1 saturated heterocycles. The molecule has 0 aromatic heterocycles. The fourth-order valence-corrected chi connectivity index (χ4v) is 3.43. The Morgan fingerprint density at radius 1 is 1.20 bits per heavy atom. The number of nitrogens with zero attached hydrogens (tertiary/aromatic N) is 1. The Kier molecular flexibility index (Phi) is 5.94. The quantitative estimate of drug-likeness (QED) is 0.798. The van der Waals surface area contributed by atoms with Gasteiger partial charge in [-0.15, -0.1) is 0 Å². The SMILES string of the molecule is COc1cccc(N2CC[NH+](CC(=O)Nc3ccccc3Br)CC2)c1. The van der Waals surface area contributed by atoms with Crippen molar-refractivity contribution in [2.75, 3.05) is 50.1 Å². The molecule has 3 rings (SSSR count). The number of rotatable bonds is 5. The van der Waals surface area contributed by atoms with E-state index in [1.807, 2.05) is 36.4 Å². The van der Waals surface area contributed by atoms with Crippen LogP contribution in [0.1, 0.15) is 0 Å². The molecular formula is C19H23BrN3O2+. The van der Waals surface area contributed by atoms with Gasteiger partial charge in [0.1, 0.15) is 5.75 Å². The highest BCUT2D eigenvalue weighted by Gasteiger charge is 2.22. The highest BCUT2D eigenvalue weighted by molar-refractivity contribution is 9.10. The number of ether oxygens (including phenoxy) is 1. The first kappa shape index (κ1) is 17.8. The van der Waals surface area contributed by atoms with Crippen molar-refractivity contribution in [2.24, 2.45) is 0 Å². The molecular weight excluding hydrogens is 382 g/mol. The Balaban J connectivity index is 1.50. The lowest BCUT2D eigenvalue weighted by atomic mass is 10.2. The van der Waals surface area contributed by atoms with Crippen molar-refractivity contribution >= 4 is 33.2 Å². The van der Waals surface area contributed by atoms with Crippen LogP contribution in [0.3, 0.4) is 0 Å². The highest BCUT2D eigenvalue weighted by atomic mass is 79.9. The summed E-state index contributed by atoms with van der Waals surface area (Å²) in [6.45, 7) is 4.25. The van der Waals surface area contributed by atoms with Gasteiger partial charge in [0.2, 0.25) is 0 Å². The van der Waals surface area contributed by atoms with Crippen LogP contribution in [0.4, 0.5) is 11.4 Å². The van der Waals surface area contributed by atoms with Crippen LogP contribution < -0.4 is 19.9 Å². The maximum Gasteiger partial charge on any atom is 0.279 e. The minimum absolute atomic E-state index is 0.0525. The Morgan fingerprint density at radius 3 is 2.68 bits per heavy atom. The van der Waals surface area contributed by atoms with Gasteiger partial charge in [-0.2, -0.15) is 0 Å². The minimum Gasteiger partial charge on any atom is -0.497 e. The van der Waals surface area contributed by atoms with Gasteiger partial charge in [-0.05, 0) is 40.2 Å². The van der Waals surface area contributed by atoms with Gasteiger partial charge in [-0.25, -0.2) is 0 Å². The molecule has 1 aliphatic rings. The molecule has 0 radical (unpaired) electrons. The van der Waals surface area contributed by atoms with Crippen LogP contribution in [0.25, 0.3) is 0 Å². The standard InChI is InChI=1S/C19H22BrN3O2/c1-25-16-6-4-5-15(13-16)23-11-9-22(10-12-23)14-19(24)21-18-8-3-2-7-17(18)20/h2-8,13H,9-12,14H2,1H3,(H,21,24)/p+1. The topological polar surface area (TPSA) is 46.0 Å². The summed E-state index contributed by atoms with van der Waals surface area (Å²) in [5, 5.41) is 2.98. The molecule has 1 aliphatic heterocycles. The number of hydrogen-bond donors (Lipinski definition) is 2. The molecule has 1 amide bonds. The van der Waals surface area contributed by atoms with E-state index in [-0.39, 0.29) is 5.91 Å². The van der Waals surface area contributed by atoms with E-state index in [2.05, 4.69) is 38.3 Å². The van der Waals surface area contributed by atoms with Gasteiger partial charge in [-0.1, -0.05) is 18.2 Å². The smallest absolute Gasteiger partial charge is 0.279 e. The fraction of sp³-hybridized carbons (Fsp3) is 0.316. The van der Waals surface area contributed by atoms with Crippen LogP contribution in [-0.2, 0) is 4.79 Å². The van der Waals surface area contributed by atoms with Gasteiger partial charge in [0.05, 0.1) is 39.0 Å². The summed E-state index contributed by atoms with van der Waals surface area (Å²) in [6.07, 6.45) is 0. The molecule has 0 unspecified atom stereocenters. The van der Waals surface area contributed by atoms with Gasteiger partial charge in [-0.3, -0.25) is 4.79 Å². The molecule has 0 bridgehead atoms. The second-order valence-electron chi connectivity index (χ2n) is 6.14. The Bertz CT molecular complexity index is 730. The van der Waals surface area contributed by atoms with E-state index in [1.54, 1.807) is 7.11 Å². The van der Waals surface area contributed by atoms with Crippen molar-refractivity contribution in [3.05, 3.63) is 53.0 Å². The van der Waals surface area contributed by atoms with Crippen molar-refractivity contribution in [3.63, 3.8) is 0 Å². The summed E-state index contributed by atoms with van der Waals surface area (Å²) in [7, 11) is 1.69. The number of hydrogen-bond acceptors (Lipinski definition) is 3. The van der Waals surface area contributed by atoms with E-state index < -0.39 is 0 Å². The lowest BCUT2D eigenvalue weighted by Gasteiger charge is -2.33. The third-order valence-corrected chi connectivity index (χ3v) is 5.14. The minimum atomic E-state index is 0.0525. The highest BCUT2D eigenvalue weighted by Crippen LogP contribution is 2.21. The predicted octanol–water partition coefficient (Wildman–Crippen LogP) is 1.80. The third-order valence-electron chi connectivity index (χ3n) is 4.45. The lowest BCUT2D eigenvalue weighted by molar-refractivity contribution is -0.892. The van der Waals surface area contributed by atoms with E-state index in [9.17, 15) is 4.79 Å². The molecule has 6 heteroatoms. The lowest BCUT2D eigenvalue weighted by Crippen LogP contribution is -3.15. The molecule has 0 saturated carbocycles. The van der Waals surface area contributed by atoms with E-state index in [4.69, 9.17) is 4.74 Å². The summed E-state index contributed by atoms with van der Waals surface area (Å²) in [5.41, 5.74) is 2.00. The van der Waals surface area contributed by atoms with E-state index in [0.29, 0.717) is 6.54 Å². The molecule has 2 N–H and O–H groups in total. The number of benzene rings is 2. The zero-order valence-electron chi connectivity index (χ0n) is 14.3. The largest absolute Gasteiger partial charge is 0.497 e. The maximum atomic E-state index is 12.3. The zero-order valence-corrected chi connectivity index (χ0v) is 15.9. The van der Waals surface area contributed by atoms with Crippen LogP contribution >= 0.6 is 15.9 Å². The molecule has 2 aromatic rings. The van der Waals surface area contributed by atoms with Crippen molar-refractivity contribution in [2.45, 2.75) is 0 Å². The number of para-hydroxylation sites is 1. The molecule has 0 atom stereocenters. The Morgan fingerprint density at radius 2 is 1.96 bits per heavy atom. The molecule has 5 nitrogen and oxygen atoms in total. The normalized spacial score (nSPS) is 15.0. The first-order valence-electron chi connectivity index (χ1n) is 8.42. The van der Waals surface area contributed by atoms with Crippen molar-refractivity contribution < 1.29 is 14.4 Å². The number of halogens is 1. The molecule has 1 fully saturated rings. The number of piperazine rings is 1. The second kappa shape index (κ2) is 8.36. The van der Waals surface area contributed by atoms with Crippen LogP contribution in [-0.4, -0.2) is 45.7 Å². The number of methoxy groups -OCH3 is 1. The number of nitrogens with one attached hydrogen (secondary N) is 2. The molecule has 1 heterocycles. The van der Waals surface area contributed by atoms with E-state index in [0.717, 1.165) is 42.1 Å². The Labute approximate surface area is 156 Å². The molecule has 0 aliphatic carbocycles. The number of quaternary nitrogens is 1. The Hall–Kier alpha value is -2.05. The average Bonchev–Trinajstić information content (AvgIpc) is 2.64. The number of carbonyl (C=O) groups excluding carboxylic acids is 1. The van der Waals surface area contributed by atoms with Crippen LogP contribution in [0.15, 0.2) is 53.0 Å². The second-order valence-corrected chi connectivity index (χ2v) is 7.00. The maximum absolute atomic E-state index is 12.3. The molecule has 132 valence electrons. The fourth-order valence-electron chi connectivity index (χ4n) is 3.05. The van der Waals surface area contributed by atoms with Crippen LogP contribution in [0.2, 0.25) is 0 Å². The predicted molar refractivity (Wildman–Crippen MR) is 104 cm³/mol. The first-order chi connectivity index (χ1) is 12.2. The van der Waals surface area contributed by atoms with Gasteiger partial charge in [0.15, 0.2) is 6.54 Å².